The molecule has 1 amide bonds. The number of unbranched alkanes of at least 4 members (excludes halogenated alkanes) is 22. The van der Waals surface area contributed by atoms with E-state index >= 15 is 0 Å². The molecule has 0 saturated carbocycles. The predicted molar refractivity (Wildman–Crippen MR) is 239 cm³/mol. The van der Waals surface area contributed by atoms with E-state index in [1.807, 2.05) is 0 Å². The molecule has 0 aromatic carbocycles. The van der Waals surface area contributed by atoms with Crippen LogP contribution in [0.1, 0.15) is 194 Å². The Bertz CT molecular complexity index is 959. The lowest BCUT2D eigenvalue weighted by Gasteiger charge is -2.34. The van der Waals surface area contributed by atoms with Gasteiger partial charge in [0.1, 0.15) is 13.2 Å². The third-order valence-corrected chi connectivity index (χ3v) is 11.0. The maximum absolute atomic E-state index is 12.7. The van der Waals surface area contributed by atoms with Crippen LogP contribution in [-0.4, -0.2) is 105 Å². The summed E-state index contributed by atoms with van der Waals surface area (Å²) in [5, 5.41) is 12.0. The molecule has 1 aliphatic rings. The fourth-order valence-corrected chi connectivity index (χ4v) is 7.20. The lowest BCUT2D eigenvalue weighted by molar-refractivity contribution is -0.152. The molecule has 2 N–H and O–H groups in total. The van der Waals surface area contributed by atoms with Gasteiger partial charge < -0.3 is 24.6 Å². The number of carbonyl (C=O) groups excluding carboxylic acids is 3. The lowest BCUT2D eigenvalue weighted by atomic mass is 10.1. The number of aliphatic hydroxyl groups excluding tert-OH is 1. The number of alkyl carbamates (subject to hydrolysis) is 1. The molecule has 58 heavy (non-hydrogen) atoms. The molecular weight excluding hydrogens is 731 g/mol. The van der Waals surface area contributed by atoms with E-state index in [-0.39, 0.29) is 31.8 Å². The quantitative estimate of drug-likeness (QED) is 0.0270. The van der Waals surface area contributed by atoms with Gasteiger partial charge in [0.2, 0.25) is 0 Å². The highest BCUT2D eigenvalue weighted by Crippen LogP contribution is 2.13. The molecule has 1 aliphatic heterocycles. The minimum atomic E-state index is -0.877. The molecule has 0 unspecified atom stereocenters. The highest BCUT2D eigenvalue weighted by Gasteiger charge is 2.21. The summed E-state index contributed by atoms with van der Waals surface area (Å²) in [6.07, 6.45) is 39.5. The first kappa shape index (κ1) is 53.6. The Morgan fingerprint density at radius 3 is 1.29 bits per heavy atom. The summed E-state index contributed by atoms with van der Waals surface area (Å²) in [7, 11) is 0. The fourth-order valence-electron chi connectivity index (χ4n) is 7.20. The van der Waals surface area contributed by atoms with E-state index < -0.39 is 12.2 Å². The Balaban J connectivity index is 2.29. The summed E-state index contributed by atoms with van der Waals surface area (Å²) in [4.78, 5) is 42.3. The Morgan fingerprint density at radius 2 is 0.897 bits per heavy atom. The molecular formula is C48H89N3O7. The van der Waals surface area contributed by atoms with Crippen molar-refractivity contribution in [1.29, 1.82) is 0 Å². The maximum atomic E-state index is 12.7. The molecule has 0 aliphatic carbocycles. The van der Waals surface area contributed by atoms with Crippen molar-refractivity contribution in [2.45, 2.75) is 200 Å². The van der Waals surface area contributed by atoms with Crippen LogP contribution in [0.2, 0.25) is 0 Å². The second-order valence-electron chi connectivity index (χ2n) is 16.4. The van der Waals surface area contributed by atoms with Crippen LogP contribution in [0.5, 0.6) is 0 Å². The van der Waals surface area contributed by atoms with Crippen molar-refractivity contribution in [2.75, 3.05) is 65.6 Å². The number of hydrogen-bond acceptors (Lipinski definition) is 9. The van der Waals surface area contributed by atoms with Gasteiger partial charge in [-0.1, -0.05) is 141 Å². The van der Waals surface area contributed by atoms with Crippen LogP contribution >= 0.6 is 0 Å². The molecule has 10 heteroatoms. The van der Waals surface area contributed by atoms with Gasteiger partial charge in [0, 0.05) is 58.7 Å². The van der Waals surface area contributed by atoms with Crippen molar-refractivity contribution in [3.05, 3.63) is 24.3 Å². The van der Waals surface area contributed by atoms with E-state index in [9.17, 15) is 14.4 Å². The van der Waals surface area contributed by atoms with Crippen LogP contribution < -0.4 is 5.32 Å². The number of aliphatic hydroxyl groups is 1. The maximum Gasteiger partial charge on any atom is 0.407 e. The van der Waals surface area contributed by atoms with E-state index in [1.165, 1.54) is 103 Å². The van der Waals surface area contributed by atoms with Gasteiger partial charge in [-0.25, -0.2) is 4.79 Å². The second-order valence-corrected chi connectivity index (χ2v) is 16.4. The highest BCUT2D eigenvalue weighted by atomic mass is 16.6. The van der Waals surface area contributed by atoms with Crippen molar-refractivity contribution in [2.24, 2.45) is 0 Å². The summed E-state index contributed by atoms with van der Waals surface area (Å²) in [5.74, 6) is -0.654. The first-order valence-corrected chi connectivity index (χ1v) is 24.1. The van der Waals surface area contributed by atoms with Gasteiger partial charge in [0.05, 0.1) is 6.61 Å². The monoisotopic (exact) mass is 820 g/mol. The van der Waals surface area contributed by atoms with Gasteiger partial charge >= 0.3 is 18.0 Å². The number of piperazine rings is 1. The average Bonchev–Trinajstić information content (AvgIpc) is 3.22. The predicted octanol–water partition coefficient (Wildman–Crippen LogP) is 10.9. The molecule has 0 aromatic rings. The molecule has 1 rings (SSSR count). The third-order valence-electron chi connectivity index (χ3n) is 11.0. The standard InChI is InChI=1S/C48H89N3O7/c1-3-5-7-9-11-13-15-17-19-21-23-25-27-29-31-33-46(53)56-43-45(58-48(55)49-35-36-50-37-39-51(40-38-50)41-42-52)44-57-47(54)34-32-30-28-26-24-22-20-18-16-14-12-10-8-6-4-2/h17-20,45,52H,3-16,21-44H2,1-2H3,(H,49,55)/b19-17-,20-18-. The van der Waals surface area contributed by atoms with Crippen LogP contribution in [-0.2, 0) is 23.8 Å². The van der Waals surface area contributed by atoms with Crippen LogP contribution in [0.3, 0.4) is 0 Å². The number of esters is 2. The number of rotatable bonds is 40. The van der Waals surface area contributed by atoms with Crippen LogP contribution in [0.4, 0.5) is 4.79 Å². The molecule has 0 aromatic heterocycles. The van der Waals surface area contributed by atoms with Crippen molar-refractivity contribution in [3.63, 3.8) is 0 Å². The number of nitrogens with zero attached hydrogens (tertiary/aromatic N) is 2. The fraction of sp³-hybridized carbons (Fsp3) is 0.854. The molecule has 338 valence electrons. The van der Waals surface area contributed by atoms with Gasteiger partial charge in [0.25, 0.3) is 0 Å². The summed E-state index contributed by atoms with van der Waals surface area (Å²) < 4.78 is 16.6. The van der Waals surface area contributed by atoms with Crippen molar-refractivity contribution < 1.29 is 33.7 Å². The number of carbonyl (C=O) groups is 3. The van der Waals surface area contributed by atoms with Gasteiger partial charge in [-0.05, 0) is 64.2 Å². The summed E-state index contributed by atoms with van der Waals surface area (Å²) in [5.41, 5.74) is 0. The molecule has 10 nitrogen and oxygen atoms in total. The first-order valence-electron chi connectivity index (χ1n) is 24.1. The Kier molecular flexibility index (Phi) is 38.2. The average molecular weight is 820 g/mol. The molecule has 1 saturated heterocycles. The number of ether oxygens (including phenoxy) is 3. The van der Waals surface area contributed by atoms with Gasteiger partial charge in [0.15, 0.2) is 6.10 Å². The van der Waals surface area contributed by atoms with Gasteiger partial charge in [-0.3, -0.25) is 19.4 Å². The van der Waals surface area contributed by atoms with Crippen LogP contribution in [0.25, 0.3) is 0 Å². The van der Waals surface area contributed by atoms with Crippen LogP contribution in [0, 0.1) is 0 Å². The van der Waals surface area contributed by atoms with E-state index in [4.69, 9.17) is 19.3 Å². The second kappa shape index (κ2) is 41.3. The highest BCUT2D eigenvalue weighted by molar-refractivity contribution is 5.70. The Morgan fingerprint density at radius 1 is 0.534 bits per heavy atom. The molecule has 0 bridgehead atoms. The Labute approximate surface area is 355 Å². The lowest BCUT2D eigenvalue weighted by Crippen LogP contribution is -2.49. The summed E-state index contributed by atoms with van der Waals surface area (Å²) in [6, 6.07) is 0. The smallest absolute Gasteiger partial charge is 0.407 e. The molecule has 1 heterocycles. The zero-order chi connectivity index (χ0) is 42.0. The molecule has 1 fully saturated rings. The van der Waals surface area contributed by atoms with E-state index in [0.717, 1.165) is 90.4 Å². The third kappa shape index (κ3) is 35.5. The number of allylic oxidation sites excluding steroid dienone is 4. The summed E-state index contributed by atoms with van der Waals surface area (Å²) in [6.45, 7) is 9.68. The van der Waals surface area contributed by atoms with E-state index in [0.29, 0.717) is 32.5 Å². The molecule has 0 spiro atoms. The minimum absolute atomic E-state index is 0.148. The van der Waals surface area contributed by atoms with E-state index in [2.05, 4.69) is 53.3 Å². The largest absolute Gasteiger partial charge is 0.462 e. The van der Waals surface area contributed by atoms with Crippen molar-refractivity contribution in [3.8, 4) is 0 Å². The number of β-amino-alcohol motifs (C(OH)–C–C–N with tert-alkyl or cyclic N) is 1. The topological polar surface area (TPSA) is 118 Å². The number of amides is 1. The van der Waals surface area contributed by atoms with Crippen molar-refractivity contribution >= 4 is 18.0 Å². The van der Waals surface area contributed by atoms with Gasteiger partial charge in [-0.2, -0.15) is 0 Å². The number of nitrogens with one attached hydrogen (secondary N) is 1. The minimum Gasteiger partial charge on any atom is -0.462 e. The van der Waals surface area contributed by atoms with Crippen molar-refractivity contribution in [1.82, 2.24) is 15.1 Å². The molecule has 0 radical (unpaired) electrons. The van der Waals surface area contributed by atoms with Gasteiger partial charge in [-0.15, -0.1) is 0 Å². The van der Waals surface area contributed by atoms with Crippen LogP contribution in [0.15, 0.2) is 24.3 Å². The normalized spacial score (nSPS) is 13.9. The summed E-state index contributed by atoms with van der Waals surface area (Å²) >= 11 is 0. The van der Waals surface area contributed by atoms with E-state index in [1.54, 1.807) is 0 Å². The SMILES string of the molecule is CCCCCCCC/C=C\CCCCCCCC(=O)OCC(COC(=O)CCCCCCC/C=C\CCCCCCCC)OC(=O)NCCN1CCN(CCO)CC1. The zero-order valence-electron chi connectivity index (χ0n) is 37.5. The first-order chi connectivity index (χ1) is 28.5. The molecule has 0 atom stereocenters. The zero-order valence-corrected chi connectivity index (χ0v) is 37.5. The number of hydrogen-bond donors (Lipinski definition) is 2. The Hall–Kier alpha value is -2.43.